The molecule has 1 heterocycles. The zero-order chi connectivity index (χ0) is 12.3. The average Bonchev–Trinajstić information content (AvgIpc) is 2.73. The van der Waals surface area contributed by atoms with Crippen LogP contribution in [0.3, 0.4) is 0 Å². The largest absolute Gasteiger partial charge is 0.465 e. The van der Waals surface area contributed by atoms with Gasteiger partial charge in [-0.05, 0) is 12.5 Å². The van der Waals surface area contributed by atoms with Crippen molar-refractivity contribution < 1.29 is 19.1 Å². The number of hydrogen-bond donors (Lipinski definition) is 0. The summed E-state index contributed by atoms with van der Waals surface area (Å²) in [5.41, 5.74) is 0.910. The van der Waals surface area contributed by atoms with E-state index in [4.69, 9.17) is 9.47 Å². The normalized spacial score (nSPS) is 23.2. The molecule has 4 heteroatoms. The Balaban J connectivity index is 2.07. The van der Waals surface area contributed by atoms with E-state index in [0.717, 1.165) is 5.56 Å². The van der Waals surface area contributed by atoms with Gasteiger partial charge in [-0.25, -0.2) is 0 Å². The molecule has 0 radical (unpaired) electrons. The van der Waals surface area contributed by atoms with Gasteiger partial charge in [0.2, 0.25) is 0 Å². The first kappa shape index (κ1) is 11.6. The molecule has 1 fully saturated rings. The van der Waals surface area contributed by atoms with Gasteiger partial charge in [0.05, 0.1) is 6.61 Å². The molecule has 1 aromatic rings. The van der Waals surface area contributed by atoms with Crippen LogP contribution in [0.15, 0.2) is 30.3 Å². The molecule has 1 saturated heterocycles. The number of hydrogen-bond acceptors (Lipinski definition) is 4. The molecule has 17 heavy (non-hydrogen) atoms. The Morgan fingerprint density at radius 1 is 1.41 bits per heavy atom. The van der Waals surface area contributed by atoms with Gasteiger partial charge in [0.15, 0.2) is 5.92 Å². The van der Waals surface area contributed by atoms with Crippen molar-refractivity contribution in [3.63, 3.8) is 0 Å². The van der Waals surface area contributed by atoms with Gasteiger partial charge in [-0.3, -0.25) is 9.59 Å². The van der Waals surface area contributed by atoms with Gasteiger partial charge in [0, 0.05) is 6.42 Å². The van der Waals surface area contributed by atoms with Crippen LogP contribution in [-0.4, -0.2) is 18.5 Å². The van der Waals surface area contributed by atoms with E-state index in [1.165, 1.54) is 0 Å². The number of rotatable bonds is 3. The minimum Gasteiger partial charge on any atom is -0.465 e. The molecule has 1 aliphatic heterocycles. The fourth-order valence-electron chi connectivity index (χ4n) is 1.89. The van der Waals surface area contributed by atoms with Crippen LogP contribution < -0.4 is 0 Å². The number of cyclic esters (lactones) is 1. The van der Waals surface area contributed by atoms with Crippen molar-refractivity contribution in [2.45, 2.75) is 19.4 Å². The Kier molecular flexibility index (Phi) is 3.42. The van der Waals surface area contributed by atoms with Crippen LogP contribution >= 0.6 is 0 Å². The lowest BCUT2D eigenvalue weighted by molar-refractivity contribution is -0.156. The fraction of sp³-hybridized carbons (Fsp3) is 0.385. The van der Waals surface area contributed by atoms with Gasteiger partial charge >= 0.3 is 11.9 Å². The molecule has 0 spiro atoms. The molecule has 0 amide bonds. The SMILES string of the molecule is CCOC(=O)[C@@H]1C[C@H](c2ccccc2)OC1=O. The second-order valence-corrected chi connectivity index (χ2v) is 3.88. The van der Waals surface area contributed by atoms with Crippen LogP contribution in [0.2, 0.25) is 0 Å². The second kappa shape index (κ2) is 4.99. The predicted molar refractivity (Wildman–Crippen MR) is 60.0 cm³/mol. The zero-order valence-electron chi connectivity index (χ0n) is 9.59. The zero-order valence-corrected chi connectivity index (χ0v) is 9.59. The third-order valence-electron chi connectivity index (χ3n) is 2.74. The maximum absolute atomic E-state index is 11.6. The van der Waals surface area contributed by atoms with Crippen molar-refractivity contribution in [2.75, 3.05) is 6.61 Å². The molecule has 0 N–H and O–H groups in total. The van der Waals surface area contributed by atoms with E-state index in [0.29, 0.717) is 6.42 Å². The van der Waals surface area contributed by atoms with Crippen molar-refractivity contribution in [3.05, 3.63) is 35.9 Å². The molecule has 0 unspecified atom stereocenters. The van der Waals surface area contributed by atoms with Crippen molar-refractivity contribution in [3.8, 4) is 0 Å². The topological polar surface area (TPSA) is 52.6 Å². The van der Waals surface area contributed by atoms with E-state index in [1.54, 1.807) is 6.92 Å². The highest BCUT2D eigenvalue weighted by Crippen LogP contribution is 2.33. The number of carbonyl (C=O) groups excluding carboxylic acids is 2. The van der Waals surface area contributed by atoms with Gasteiger partial charge in [0.25, 0.3) is 0 Å². The molecular formula is C13H14O4. The highest BCUT2D eigenvalue weighted by molar-refractivity contribution is 5.96. The maximum atomic E-state index is 11.6. The average molecular weight is 234 g/mol. The molecule has 2 rings (SSSR count). The molecule has 2 atom stereocenters. The first-order valence-electron chi connectivity index (χ1n) is 5.64. The van der Waals surface area contributed by atoms with E-state index in [-0.39, 0.29) is 12.7 Å². The quantitative estimate of drug-likeness (QED) is 0.591. The summed E-state index contributed by atoms with van der Waals surface area (Å²) >= 11 is 0. The van der Waals surface area contributed by atoms with Crippen LogP contribution in [0.5, 0.6) is 0 Å². The van der Waals surface area contributed by atoms with Gasteiger partial charge < -0.3 is 9.47 Å². The molecule has 1 aliphatic rings. The number of esters is 2. The number of benzene rings is 1. The van der Waals surface area contributed by atoms with E-state index in [9.17, 15) is 9.59 Å². The van der Waals surface area contributed by atoms with Gasteiger partial charge in [-0.2, -0.15) is 0 Å². The van der Waals surface area contributed by atoms with Crippen molar-refractivity contribution >= 4 is 11.9 Å². The van der Waals surface area contributed by atoms with Crippen LogP contribution in [0.4, 0.5) is 0 Å². The summed E-state index contributed by atoms with van der Waals surface area (Å²) in [4.78, 5) is 23.1. The molecule has 0 aromatic heterocycles. The fourth-order valence-corrected chi connectivity index (χ4v) is 1.89. The van der Waals surface area contributed by atoms with E-state index >= 15 is 0 Å². The molecule has 0 saturated carbocycles. The van der Waals surface area contributed by atoms with Gasteiger partial charge in [-0.1, -0.05) is 30.3 Å². The lowest BCUT2D eigenvalue weighted by Crippen LogP contribution is -2.21. The lowest BCUT2D eigenvalue weighted by atomic mass is 10.0. The summed E-state index contributed by atoms with van der Waals surface area (Å²) in [5, 5.41) is 0. The summed E-state index contributed by atoms with van der Waals surface area (Å²) in [6.45, 7) is 1.99. The monoisotopic (exact) mass is 234 g/mol. The Labute approximate surface area is 99.5 Å². The van der Waals surface area contributed by atoms with E-state index < -0.39 is 17.9 Å². The van der Waals surface area contributed by atoms with Crippen LogP contribution in [0.25, 0.3) is 0 Å². The van der Waals surface area contributed by atoms with Crippen molar-refractivity contribution in [2.24, 2.45) is 5.92 Å². The predicted octanol–water partition coefficient (Wildman–Crippen LogP) is 1.85. The molecule has 90 valence electrons. The maximum Gasteiger partial charge on any atom is 0.321 e. The first-order valence-corrected chi connectivity index (χ1v) is 5.64. The van der Waals surface area contributed by atoms with Gasteiger partial charge in [-0.15, -0.1) is 0 Å². The minimum absolute atomic E-state index is 0.276. The summed E-state index contributed by atoms with van der Waals surface area (Å²) in [6, 6.07) is 9.40. The lowest BCUT2D eigenvalue weighted by Gasteiger charge is -2.08. The second-order valence-electron chi connectivity index (χ2n) is 3.88. The Morgan fingerprint density at radius 2 is 2.12 bits per heavy atom. The number of carbonyl (C=O) groups is 2. The van der Waals surface area contributed by atoms with Crippen LogP contribution in [0.1, 0.15) is 25.0 Å². The molecular weight excluding hydrogens is 220 g/mol. The standard InChI is InChI=1S/C13H14O4/c1-2-16-12(14)10-8-11(17-13(10)15)9-6-4-3-5-7-9/h3-7,10-11H,2,8H2,1H3/t10-,11+/m0/s1. The van der Waals surface area contributed by atoms with E-state index in [2.05, 4.69) is 0 Å². The summed E-state index contributed by atoms with van der Waals surface area (Å²) in [5.74, 6) is -1.76. The summed E-state index contributed by atoms with van der Waals surface area (Å²) < 4.78 is 10.0. The smallest absolute Gasteiger partial charge is 0.321 e. The molecule has 0 bridgehead atoms. The van der Waals surface area contributed by atoms with Crippen LogP contribution in [-0.2, 0) is 19.1 Å². The molecule has 0 aliphatic carbocycles. The molecule has 1 aromatic carbocycles. The van der Waals surface area contributed by atoms with Crippen LogP contribution in [0, 0.1) is 5.92 Å². The van der Waals surface area contributed by atoms with Gasteiger partial charge in [0.1, 0.15) is 6.10 Å². The Bertz CT molecular complexity index is 413. The van der Waals surface area contributed by atoms with E-state index in [1.807, 2.05) is 30.3 Å². The highest BCUT2D eigenvalue weighted by atomic mass is 16.6. The third-order valence-corrected chi connectivity index (χ3v) is 2.74. The third kappa shape index (κ3) is 2.46. The summed E-state index contributed by atoms with van der Waals surface area (Å²) in [6.07, 6.45) is 0.0277. The Hall–Kier alpha value is -1.84. The van der Waals surface area contributed by atoms with Crippen molar-refractivity contribution in [1.82, 2.24) is 0 Å². The Morgan fingerprint density at radius 3 is 2.76 bits per heavy atom. The van der Waals surface area contributed by atoms with Crippen molar-refractivity contribution in [1.29, 1.82) is 0 Å². The first-order chi connectivity index (χ1) is 8.22. The minimum atomic E-state index is -0.778. The highest BCUT2D eigenvalue weighted by Gasteiger charge is 2.41. The number of ether oxygens (including phenoxy) is 2. The molecule has 4 nitrogen and oxygen atoms in total. The summed E-state index contributed by atoms with van der Waals surface area (Å²) in [7, 11) is 0.